The van der Waals surface area contributed by atoms with Gasteiger partial charge in [0.25, 0.3) is 0 Å². The Bertz CT molecular complexity index is 324. The van der Waals surface area contributed by atoms with E-state index in [0.29, 0.717) is 36.8 Å². The fraction of sp³-hybridized carbons (Fsp3) is 0.929. The van der Waals surface area contributed by atoms with Crippen molar-refractivity contribution >= 4 is 5.97 Å². The van der Waals surface area contributed by atoms with E-state index >= 15 is 0 Å². The van der Waals surface area contributed by atoms with Crippen molar-refractivity contribution in [2.24, 2.45) is 5.92 Å². The van der Waals surface area contributed by atoms with Crippen LogP contribution in [0, 0.1) is 5.92 Å². The number of carbonyl (C=O) groups is 1. The van der Waals surface area contributed by atoms with Crippen molar-refractivity contribution in [2.75, 3.05) is 0 Å². The molecule has 0 amide bonds. The minimum absolute atomic E-state index is 0.0109. The average Bonchev–Trinajstić information content (AvgIpc) is 3.22. The Hall–Kier alpha value is -0.610. The molecule has 4 rings (SSSR count). The lowest BCUT2D eigenvalue weighted by atomic mass is 9.87. The molecule has 4 fully saturated rings. The van der Waals surface area contributed by atoms with Crippen molar-refractivity contribution in [2.45, 2.75) is 75.5 Å². The maximum atomic E-state index is 11.9. The molecule has 2 aliphatic carbocycles. The molecule has 6 atom stereocenters. The first kappa shape index (κ1) is 11.2. The molecule has 0 aromatic heterocycles. The highest BCUT2D eigenvalue weighted by Crippen LogP contribution is 2.41. The van der Waals surface area contributed by atoms with Crippen LogP contribution in [0.15, 0.2) is 0 Å². The van der Waals surface area contributed by atoms with E-state index in [4.69, 9.17) is 14.2 Å². The summed E-state index contributed by atoms with van der Waals surface area (Å²) in [7, 11) is 0. The zero-order valence-corrected chi connectivity index (χ0v) is 10.5. The minimum atomic E-state index is -0.0109. The van der Waals surface area contributed by atoms with Gasteiger partial charge in [0, 0.05) is 12.8 Å². The maximum Gasteiger partial charge on any atom is 0.306 e. The van der Waals surface area contributed by atoms with Crippen molar-refractivity contribution in [1.82, 2.24) is 0 Å². The van der Waals surface area contributed by atoms with Gasteiger partial charge in [-0.25, -0.2) is 0 Å². The number of rotatable bonds is 3. The molecule has 100 valence electrons. The monoisotopic (exact) mass is 252 g/mol. The van der Waals surface area contributed by atoms with E-state index in [-0.39, 0.29) is 12.1 Å². The van der Waals surface area contributed by atoms with Crippen LogP contribution in [0.25, 0.3) is 0 Å². The molecule has 2 heterocycles. The lowest BCUT2D eigenvalue weighted by Gasteiger charge is -2.22. The van der Waals surface area contributed by atoms with E-state index < -0.39 is 0 Å². The summed E-state index contributed by atoms with van der Waals surface area (Å²) in [5, 5.41) is 0. The summed E-state index contributed by atoms with van der Waals surface area (Å²) in [4.78, 5) is 11.9. The maximum absolute atomic E-state index is 11.9. The highest BCUT2D eigenvalue weighted by atomic mass is 16.6. The van der Waals surface area contributed by atoms with E-state index in [0.717, 1.165) is 38.5 Å². The molecule has 0 aromatic rings. The van der Waals surface area contributed by atoms with Gasteiger partial charge >= 0.3 is 5.97 Å². The van der Waals surface area contributed by atoms with Gasteiger partial charge in [-0.3, -0.25) is 4.79 Å². The number of esters is 1. The Kier molecular flexibility index (Phi) is 2.62. The number of hydrogen-bond acceptors (Lipinski definition) is 4. The number of hydrogen-bond donors (Lipinski definition) is 0. The van der Waals surface area contributed by atoms with Crippen molar-refractivity contribution in [3.8, 4) is 0 Å². The lowest BCUT2D eigenvalue weighted by Crippen LogP contribution is -2.26. The Morgan fingerprint density at radius 3 is 2.39 bits per heavy atom. The van der Waals surface area contributed by atoms with Crippen LogP contribution in [0.4, 0.5) is 0 Å². The Morgan fingerprint density at radius 1 is 0.944 bits per heavy atom. The minimum Gasteiger partial charge on any atom is -0.462 e. The summed E-state index contributed by atoms with van der Waals surface area (Å²) in [6.07, 6.45) is 8.76. The van der Waals surface area contributed by atoms with Gasteiger partial charge in [-0.2, -0.15) is 0 Å². The number of epoxide rings is 2. The topological polar surface area (TPSA) is 51.4 Å². The second-order valence-corrected chi connectivity index (χ2v) is 6.23. The molecule has 4 aliphatic rings. The molecular weight excluding hydrogens is 232 g/mol. The normalized spacial score (nSPS) is 48.9. The number of fused-ring (bicyclic) bond motifs is 2. The van der Waals surface area contributed by atoms with Crippen LogP contribution in [0.2, 0.25) is 0 Å². The zero-order chi connectivity index (χ0) is 12.1. The Balaban J connectivity index is 1.23. The molecular formula is C14H20O4. The zero-order valence-electron chi connectivity index (χ0n) is 10.5. The van der Waals surface area contributed by atoms with Crippen LogP contribution in [0.5, 0.6) is 0 Å². The van der Waals surface area contributed by atoms with Crippen molar-refractivity contribution in [3.63, 3.8) is 0 Å². The summed E-state index contributed by atoms with van der Waals surface area (Å²) >= 11 is 0. The molecule has 2 saturated heterocycles. The molecule has 0 aromatic carbocycles. The number of ether oxygens (including phenoxy) is 3. The molecule has 0 unspecified atom stereocenters. The molecule has 0 spiro atoms. The highest BCUT2D eigenvalue weighted by Gasteiger charge is 2.46. The summed E-state index contributed by atoms with van der Waals surface area (Å²) in [6, 6.07) is 0. The van der Waals surface area contributed by atoms with Crippen LogP contribution < -0.4 is 0 Å². The molecule has 4 nitrogen and oxygen atoms in total. The van der Waals surface area contributed by atoms with Gasteiger partial charge in [0.2, 0.25) is 0 Å². The van der Waals surface area contributed by atoms with Gasteiger partial charge < -0.3 is 14.2 Å². The van der Waals surface area contributed by atoms with Gasteiger partial charge in [-0.15, -0.1) is 0 Å². The second-order valence-electron chi connectivity index (χ2n) is 6.23. The van der Waals surface area contributed by atoms with Crippen LogP contribution in [0.1, 0.15) is 44.9 Å². The van der Waals surface area contributed by atoms with E-state index in [1.807, 2.05) is 0 Å². The number of carbonyl (C=O) groups excluding carboxylic acids is 1. The molecule has 4 heteroatoms. The van der Waals surface area contributed by atoms with Crippen molar-refractivity contribution < 1.29 is 19.0 Å². The van der Waals surface area contributed by atoms with Gasteiger partial charge in [-0.05, 0) is 38.0 Å². The fourth-order valence-corrected chi connectivity index (χ4v) is 3.62. The predicted molar refractivity (Wildman–Crippen MR) is 63.0 cm³/mol. The van der Waals surface area contributed by atoms with Gasteiger partial charge in [0.05, 0.1) is 24.4 Å². The first-order valence-corrected chi connectivity index (χ1v) is 7.28. The fourth-order valence-electron chi connectivity index (χ4n) is 3.62. The first-order valence-electron chi connectivity index (χ1n) is 7.28. The standard InChI is InChI=1S/C14H20O4/c15-14(6-8-1-3-10-12(5-8)17-10)16-9-2-4-11-13(7-9)18-11/h8-13H,1-7H2/t8-,9-,10+,11-,12-,13-/m1/s1. The summed E-state index contributed by atoms with van der Waals surface area (Å²) in [5.74, 6) is 0.470. The third-order valence-corrected chi connectivity index (χ3v) is 4.82. The lowest BCUT2D eigenvalue weighted by molar-refractivity contribution is -0.151. The molecule has 0 radical (unpaired) electrons. The molecule has 0 N–H and O–H groups in total. The van der Waals surface area contributed by atoms with E-state index in [1.165, 1.54) is 0 Å². The van der Waals surface area contributed by atoms with Crippen molar-refractivity contribution in [3.05, 3.63) is 0 Å². The molecule has 0 bridgehead atoms. The van der Waals surface area contributed by atoms with Gasteiger partial charge in [0.15, 0.2) is 0 Å². The third-order valence-electron chi connectivity index (χ3n) is 4.82. The first-order chi connectivity index (χ1) is 8.78. The SMILES string of the molecule is O=C(C[C@@H]1CC[C@@H]2O[C@@H]2C1)O[C@@H]1CC[C@H]2O[C@@H]2C1. The van der Waals surface area contributed by atoms with E-state index in [9.17, 15) is 4.79 Å². The molecule has 2 saturated carbocycles. The quantitative estimate of drug-likeness (QED) is 0.568. The van der Waals surface area contributed by atoms with Crippen LogP contribution in [-0.2, 0) is 19.0 Å². The highest BCUT2D eigenvalue weighted by molar-refractivity contribution is 5.70. The Morgan fingerprint density at radius 2 is 1.67 bits per heavy atom. The van der Waals surface area contributed by atoms with E-state index in [1.54, 1.807) is 0 Å². The third kappa shape index (κ3) is 2.28. The summed E-state index contributed by atoms with van der Waals surface area (Å²) in [5.41, 5.74) is 0. The molecule has 2 aliphatic heterocycles. The molecule has 18 heavy (non-hydrogen) atoms. The van der Waals surface area contributed by atoms with Crippen molar-refractivity contribution in [1.29, 1.82) is 0 Å². The summed E-state index contributed by atoms with van der Waals surface area (Å²) < 4.78 is 16.5. The van der Waals surface area contributed by atoms with Crippen LogP contribution in [0.3, 0.4) is 0 Å². The van der Waals surface area contributed by atoms with Crippen LogP contribution >= 0.6 is 0 Å². The predicted octanol–water partition coefficient (Wildman–Crippen LogP) is 1.81. The van der Waals surface area contributed by atoms with Gasteiger partial charge in [-0.1, -0.05) is 0 Å². The Labute approximate surface area is 107 Å². The van der Waals surface area contributed by atoms with Crippen LogP contribution in [-0.4, -0.2) is 36.5 Å². The average molecular weight is 252 g/mol. The largest absolute Gasteiger partial charge is 0.462 e. The van der Waals surface area contributed by atoms with E-state index in [2.05, 4.69) is 0 Å². The summed E-state index contributed by atoms with van der Waals surface area (Å²) in [6.45, 7) is 0. The van der Waals surface area contributed by atoms with Gasteiger partial charge in [0.1, 0.15) is 6.10 Å². The smallest absolute Gasteiger partial charge is 0.306 e. The second kappa shape index (κ2) is 4.20.